The first-order chi connectivity index (χ1) is 13.5. The largest absolute Gasteiger partial charge is 0.400 e. The van der Waals surface area contributed by atoms with E-state index in [-0.39, 0.29) is 22.9 Å². The van der Waals surface area contributed by atoms with Crippen LogP contribution in [0.2, 0.25) is 0 Å². The summed E-state index contributed by atoms with van der Waals surface area (Å²) < 4.78 is 0. The van der Waals surface area contributed by atoms with Crippen LogP contribution < -0.4 is 10.4 Å². The van der Waals surface area contributed by atoms with Crippen LogP contribution in [0.15, 0.2) is 59.6 Å². The molecule has 9 nitrogen and oxygen atoms in total. The van der Waals surface area contributed by atoms with Crippen molar-refractivity contribution in [3.05, 3.63) is 65.7 Å². The maximum Gasteiger partial charge on any atom is 0.400 e. The number of aliphatic imine (C=N–C) groups is 1. The van der Waals surface area contributed by atoms with Gasteiger partial charge in [-0.1, -0.05) is 35.4 Å². The lowest BCUT2D eigenvalue weighted by Crippen LogP contribution is -2.57. The molecule has 2 aromatic carbocycles. The fourth-order valence-corrected chi connectivity index (χ4v) is 2.87. The second-order valence-corrected chi connectivity index (χ2v) is 6.10. The van der Waals surface area contributed by atoms with Crippen LogP contribution in [0.1, 0.15) is 27.6 Å². The topological polar surface area (TPSA) is 108 Å². The van der Waals surface area contributed by atoms with Gasteiger partial charge in [-0.3, -0.25) is 19.8 Å². The van der Waals surface area contributed by atoms with Crippen molar-refractivity contribution < 1.29 is 24.0 Å². The van der Waals surface area contributed by atoms with Crippen LogP contribution in [0.25, 0.3) is 0 Å². The number of benzene rings is 2. The Morgan fingerprint density at radius 1 is 0.964 bits per heavy atom. The van der Waals surface area contributed by atoms with Crippen molar-refractivity contribution in [3.8, 4) is 0 Å². The van der Waals surface area contributed by atoms with Gasteiger partial charge in [0, 0.05) is 0 Å². The zero-order chi connectivity index (χ0) is 19.8. The van der Waals surface area contributed by atoms with E-state index in [0.29, 0.717) is 10.8 Å². The lowest BCUT2D eigenvalue weighted by molar-refractivity contribution is -0.160. The molecule has 1 N–H and O–H groups in total. The van der Waals surface area contributed by atoms with E-state index in [9.17, 15) is 19.2 Å². The van der Waals surface area contributed by atoms with Crippen LogP contribution >= 0.6 is 0 Å². The SMILES string of the molecule is CC1N=C(C(=O)ON2C(=O)c3ccccc3C2=O)NN(c2ccccc2)C1=O. The van der Waals surface area contributed by atoms with Gasteiger partial charge in [0.25, 0.3) is 17.7 Å². The lowest BCUT2D eigenvalue weighted by Gasteiger charge is -2.30. The Morgan fingerprint density at radius 3 is 2.14 bits per heavy atom. The zero-order valence-electron chi connectivity index (χ0n) is 14.7. The summed E-state index contributed by atoms with van der Waals surface area (Å²) in [6.07, 6.45) is 0. The first-order valence-electron chi connectivity index (χ1n) is 8.41. The summed E-state index contributed by atoms with van der Waals surface area (Å²) in [5.41, 5.74) is 3.38. The minimum atomic E-state index is -1.06. The molecule has 0 saturated heterocycles. The summed E-state index contributed by atoms with van der Waals surface area (Å²) in [6.45, 7) is 1.52. The number of imide groups is 1. The summed E-state index contributed by atoms with van der Waals surface area (Å²) in [5.74, 6) is -3.21. The number of hydroxylamine groups is 2. The molecule has 1 unspecified atom stereocenters. The standard InChI is InChI=1S/C19H14N4O5/c1-11-16(24)22(12-7-3-2-4-8-12)21-15(20-11)19(27)28-23-17(25)13-9-5-6-10-14(13)18(23)26/h2-11H,1H3,(H,20,21). The third-order valence-electron chi connectivity index (χ3n) is 4.26. The number of hydrogen-bond donors (Lipinski definition) is 1. The maximum atomic E-state index is 12.5. The van der Waals surface area contributed by atoms with Crippen LogP contribution in [0.3, 0.4) is 0 Å². The van der Waals surface area contributed by atoms with E-state index in [1.54, 1.807) is 42.5 Å². The highest BCUT2D eigenvalue weighted by Gasteiger charge is 2.40. The quantitative estimate of drug-likeness (QED) is 0.801. The number of fused-ring (bicyclic) bond motifs is 1. The Kier molecular flexibility index (Phi) is 4.11. The molecule has 2 aliphatic rings. The average molecular weight is 378 g/mol. The van der Waals surface area contributed by atoms with Gasteiger partial charge in [0.2, 0.25) is 5.84 Å². The van der Waals surface area contributed by atoms with E-state index in [0.717, 1.165) is 5.01 Å². The normalized spacial score (nSPS) is 18.5. The summed E-state index contributed by atoms with van der Waals surface area (Å²) in [7, 11) is 0. The number of nitrogens with zero attached hydrogens (tertiary/aromatic N) is 3. The predicted octanol–water partition coefficient (Wildman–Crippen LogP) is 1.08. The van der Waals surface area contributed by atoms with Gasteiger partial charge in [-0.15, -0.1) is 0 Å². The molecular weight excluding hydrogens is 364 g/mol. The van der Waals surface area contributed by atoms with E-state index >= 15 is 0 Å². The van der Waals surface area contributed by atoms with Gasteiger partial charge in [-0.2, -0.15) is 0 Å². The van der Waals surface area contributed by atoms with E-state index in [2.05, 4.69) is 10.4 Å². The zero-order valence-corrected chi connectivity index (χ0v) is 14.7. The number of amidine groups is 1. The molecule has 0 radical (unpaired) electrons. The average Bonchev–Trinajstić information content (AvgIpc) is 2.95. The number of amides is 3. The number of hydrazine groups is 1. The fraction of sp³-hybridized carbons (Fsp3) is 0.105. The molecule has 0 aliphatic carbocycles. The summed E-state index contributed by atoms with van der Waals surface area (Å²) in [5, 5.41) is 1.56. The molecule has 28 heavy (non-hydrogen) atoms. The molecule has 0 saturated carbocycles. The van der Waals surface area contributed by atoms with Crippen molar-refractivity contribution in [2.45, 2.75) is 13.0 Å². The van der Waals surface area contributed by atoms with Crippen LogP contribution in [0.4, 0.5) is 5.69 Å². The molecule has 1 atom stereocenters. The van der Waals surface area contributed by atoms with Crippen molar-refractivity contribution in [1.29, 1.82) is 0 Å². The number of nitrogens with one attached hydrogen (secondary N) is 1. The number of carbonyl (C=O) groups is 4. The third kappa shape index (κ3) is 2.78. The molecule has 140 valence electrons. The van der Waals surface area contributed by atoms with Crippen molar-refractivity contribution in [2.24, 2.45) is 4.99 Å². The number of hydrogen-bond acceptors (Lipinski definition) is 7. The second-order valence-electron chi connectivity index (χ2n) is 6.10. The number of carbonyl (C=O) groups excluding carboxylic acids is 4. The minimum absolute atomic E-state index is 0.147. The monoisotopic (exact) mass is 378 g/mol. The van der Waals surface area contributed by atoms with Crippen LogP contribution in [0, 0.1) is 0 Å². The lowest BCUT2D eigenvalue weighted by atomic mass is 10.1. The van der Waals surface area contributed by atoms with E-state index in [1.165, 1.54) is 19.1 Å². The molecule has 4 rings (SSSR count). The Morgan fingerprint density at radius 2 is 1.54 bits per heavy atom. The fourth-order valence-electron chi connectivity index (χ4n) is 2.87. The van der Waals surface area contributed by atoms with Gasteiger partial charge >= 0.3 is 5.97 Å². The van der Waals surface area contributed by atoms with Gasteiger partial charge in [0.15, 0.2) is 0 Å². The smallest absolute Gasteiger partial charge is 0.321 e. The van der Waals surface area contributed by atoms with Crippen molar-refractivity contribution >= 4 is 35.2 Å². The van der Waals surface area contributed by atoms with Crippen LogP contribution in [-0.2, 0) is 14.4 Å². The summed E-state index contributed by atoms with van der Waals surface area (Å²) >= 11 is 0. The molecular formula is C19H14N4O5. The van der Waals surface area contributed by atoms with Gasteiger partial charge in [-0.25, -0.2) is 14.8 Å². The van der Waals surface area contributed by atoms with Gasteiger partial charge in [0.05, 0.1) is 16.8 Å². The highest BCUT2D eigenvalue weighted by molar-refractivity contribution is 6.38. The number of anilines is 1. The maximum absolute atomic E-state index is 12.5. The molecule has 2 aromatic rings. The Balaban J connectivity index is 1.55. The van der Waals surface area contributed by atoms with Crippen molar-refractivity contribution in [2.75, 3.05) is 5.01 Å². The molecule has 0 fully saturated rings. The highest BCUT2D eigenvalue weighted by atomic mass is 16.7. The van der Waals surface area contributed by atoms with E-state index in [4.69, 9.17) is 4.84 Å². The number of para-hydroxylation sites is 1. The second kappa shape index (κ2) is 6.62. The van der Waals surface area contributed by atoms with Crippen LogP contribution in [0.5, 0.6) is 0 Å². The van der Waals surface area contributed by atoms with E-state index in [1.807, 2.05) is 0 Å². The molecule has 2 aliphatic heterocycles. The molecule has 0 spiro atoms. The highest BCUT2D eigenvalue weighted by Crippen LogP contribution is 2.23. The van der Waals surface area contributed by atoms with E-state index < -0.39 is 23.8 Å². The Hall–Kier alpha value is -4.01. The molecule has 3 amide bonds. The minimum Gasteiger partial charge on any atom is -0.321 e. The molecule has 0 aromatic heterocycles. The van der Waals surface area contributed by atoms with Crippen molar-refractivity contribution in [3.63, 3.8) is 0 Å². The van der Waals surface area contributed by atoms with Crippen LogP contribution in [-0.4, -0.2) is 40.6 Å². The van der Waals surface area contributed by atoms with Gasteiger partial charge in [0.1, 0.15) is 6.04 Å². The molecule has 0 bridgehead atoms. The first-order valence-corrected chi connectivity index (χ1v) is 8.41. The van der Waals surface area contributed by atoms with Gasteiger partial charge < -0.3 is 4.84 Å². The number of rotatable bonds is 3. The van der Waals surface area contributed by atoms with Crippen molar-refractivity contribution in [1.82, 2.24) is 10.5 Å². The Bertz CT molecular complexity index is 999. The first kappa shape index (κ1) is 17.4. The molecule has 2 heterocycles. The summed E-state index contributed by atoms with van der Waals surface area (Å²) in [6, 6.07) is 13.9. The Labute approximate surface area is 159 Å². The third-order valence-corrected chi connectivity index (χ3v) is 4.26. The van der Waals surface area contributed by atoms with Gasteiger partial charge in [-0.05, 0) is 31.2 Å². The summed E-state index contributed by atoms with van der Waals surface area (Å²) in [4.78, 5) is 58.5. The predicted molar refractivity (Wildman–Crippen MR) is 97.0 cm³/mol. The molecule has 9 heteroatoms.